The predicted octanol–water partition coefficient (Wildman–Crippen LogP) is 2.17. The number of nitro groups is 1. The van der Waals surface area contributed by atoms with Gasteiger partial charge in [-0.2, -0.15) is 0 Å². The highest BCUT2D eigenvalue weighted by Crippen LogP contribution is 2.37. The zero-order chi connectivity index (χ0) is 15.5. The van der Waals surface area contributed by atoms with Gasteiger partial charge >= 0.3 is 5.72 Å². The lowest BCUT2D eigenvalue weighted by Gasteiger charge is -2.22. The van der Waals surface area contributed by atoms with Gasteiger partial charge in [0.25, 0.3) is 0 Å². The van der Waals surface area contributed by atoms with Crippen molar-refractivity contribution in [2.24, 2.45) is 0 Å². The van der Waals surface area contributed by atoms with Gasteiger partial charge in [0.1, 0.15) is 17.1 Å². The molecule has 0 aliphatic carbocycles. The molecule has 0 aromatic heterocycles. The van der Waals surface area contributed by atoms with E-state index >= 15 is 0 Å². The maximum atomic E-state index is 11.5. The third kappa shape index (κ3) is 2.53. The molecule has 6 heteroatoms. The standard InChI is InChI=1S/C15H15NO5/c1-20-12-8-9-13(14(10-12)21-2)15(17,16(18)19)11-6-4-3-5-7-11/h3-10,17H,1-2H3/t15-/m0/s1. The predicted molar refractivity (Wildman–Crippen MR) is 76.0 cm³/mol. The molecule has 0 spiro atoms. The number of methoxy groups -OCH3 is 2. The molecule has 0 saturated heterocycles. The van der Waals surface area contributed by atoms with E-state index in [0.29, 0.717) is 5.75 Å². The Bertz CT molecular complexity index is 644. The third-order valence-corrected chi connectivity index (χ3v) is 3.22. The van der Waals surface area contributed by atoms with Crippen LogP contribution in [0.15, 0.2) is 48.5 Å². The van der Waals surface area contributed by atoms with Gasteiger partial charge < -0.3 is 14.6 Å². The van der Waals surface area contributed by atoms with Gasteiger partial charge in [-0.05, 0) is 24.3 Å². The number of rotatable bonds is 5. The van der Waals surface area contributed by atoms with Gasteiger partial charge in [0.15, 0.2) is 0 Å². The molecule has 0 heterocycles. The number of ether oxygens (including phenoxy) is 2. The summed E-state index contributed by atoms with van der Waals surface area (Å²) in [5.74, 6) is 0.659. The van der Waals surface area contributed by atoms with E-state index in [-0.39, 0.29) is 16.9 Å². The Morgan fingerprint density at radius 1 is 1.10 bits per heavy atom. The van der Waals surface area contributed by atoms with Crippen molar-refractivity contribution in [1.82, 2.24) is 0 Å². The Balaban J connectivity index is 2.67. The average Bonchev–Trinajstić information content (AvgIpc) is 2.54. The first-order valence-corrected chi connectivity index (χ1v) is 6.19. The summed E-state index contributed by atoms with van der Waals surface area (Å²) in [7, 11) is 2.86. The summed E-state index contributed by atoms with van der Waals surface area (Å²) < 4.78 is 10.2. The van der Waals surface area contributed by atoms with Crippen LogP contribution in [0.4, 0.5) is 0 Å². The maximum absolute atomic E-state index is 11.5. The minimum absolute atomic E-state index is 0.0435. The van der Waals surface area contributed by atoms with Gasteiger partial charge in [-0.25, -0.2) is 0 Å². The first-order chi connectivity index (χ1) is 10.0. The molecule has 2 aromatic carbocycles. The number of hydrogen-bond donors (Lipinski definition) is 1. The van der Waals surface area contributed by atoms with Crippen LogP contribution in [0.25, 0.3) is 0 Å². The van der Waals surface area contributed by atoms with E-state index in [1.54, 1.807) is 18.2 Å². The second kappa shape index (κ2) is 5.80. The molecular weight excluding hydrogens is 274 g/mol. The van der Waals surface area contributed by atoms with Gasteiger partial charge in [0.2, 0.25) is 0 Å². The molecular formula is C15H15NO5. The molecule has 0 radical (unpaired) electrons. The van der Waals surface area contributed by atoms with E-state index in [9.17, 15) is 15.2 Å². The van der Waals surface area contributed by atoms with E-state index in [1.165, 1.54) is 44.6 Å². The molecule has 21 heavy (non-hydrogen) atoms. The Morgan fingerprint density at radius 3 is 2.29 bits per heavy atom. The molecule has 1 atom stereocenters. The number of benzene rings is 2. The fraction of sp³-hybridized carbons (Fsp3) is 0.200. The second-order valence-corrected chi connectivity index (χ2v) is 4.36. The normalized spacial score (nSPS) is 13.3. The molecule has 2 aromatic rings. The van der Waals surface area contributed by atoms with Crippen LogP contribution in [0.2, 0.25) is 0 Å². The summed E-state index contributed by atoms with van der Waals surface area (Å²) in [5, 5.41) is 22.2. The highest BCUT2D eigenvalue weighted by atomic mass is 16.7. The van der Waals surface area contributed by atoms with Crippen molar-refractivity contribution in [3.8, 4) is 11.5 Å². The van der Waals surface area contributed by atoms with Crippen LogP contribution in [0.1, 0.15) is 11.1 Å². The van der Waals surface area contributed by atoms with Crippen molar-refractivity contribution in [2.75, 3.05) is 14.2 Å². The highest BCUT2D eigenvalue weighted by Gasteiger charge is 2.47. The van der Waals surface area contributed by atoms with E-state index in [4.69, 9.17) is 9.47 Å². The molecule has 2 rings (SSSR count). The summed E-state index contributed by atoms with van der Waals surface area (Å²) in [6.45, 7) is 0. The van der Waals surface area contributed by atoms with Crippen molar-refractivity contribution >= 4 is 0 Å². The van der Waals surface area contributed by atoms with Crippen LogP contribution in [0, 0.1) is 10.1 Å². The second-order valence-electron chi connectivity index (χ2n) is 4.36. The van der Waals surface area contributed by atoms with Crippen molar-refractivity contribution < 1.29 is 19.5 Å². The van der Waals surface area contributed by atoms with Crippen molar-refractivity contribution in [3.05, 3.63) is 69.8 Å². The lowest BCUT2D eigenvalue weighted by atomic mass is 9.94. The van der Waals surface area contributed by atoms with E-state index in [2.05, 4.69) is 0 Å². The molecule has 0 fully saturated rings. The molecule has 0 amide bonds. The third-order valence-electron chi connectivity index (χ3n) is 3.22. The lowest BCUT2D eigenvalue weighted by molar-refractivity contribution is -0.621. The first-order valence-electron chi connectivity index (χ1n) is 6.19. The van der Waals surface area contributed by atoms with Gasteiger partial charge in [0, 0.05) is 6.07 Å². The van der Waals surface area contributed by atoms with Crippen LogP contribution in [0.5, 0.6) is 11.5 Å². The fourth-order valence-corrected chi connectivity index (χ4v) is 2.12. The Hall–Kier alpha value is -2.60. The summed E-state index contributed by atoms with van der Waals surface area (Å²) in [6, 6.07) is 12.4. The first kappa shape index (κ1) is 14.8. The van der Waals surface area contributed by atoms with E-state index < -0.39 is 10.6 Å². The Labute approximate surface area is 121 Å². The lowest BCUT2D eigenvalue weighted by Crippen LogP contribution is -2.36. The monoisotopic (exact) mass is 289 g/mol. The molecule has 0 saturated carbocycles. The number of aliphatic hydroxyl groups is 1. The topological polar surface area (TPSA) is 81.8 Å². The zero-order valence-corrected chi connectivity index (χ0v) is 11.6. The molecule has 0 unspecified atom stereocenters. The Kier molecular flexibility index (Phi) is 4.09. The van der Waals surface area contributed by atoms with Crippen LogP contribution in [0.3, 0.4) is 0 Å². The van der Waals surface area contributed by atoms with Gasteiger partial charge in [0.05, 0.1) is 24.7 Å². The van der Waals surface area contributed by atoms with Gasteiger partial charge in [-0.15, -0.1) is 0 Å². The molecule has 0 bridgehead atoms. The van der Waals surface area contributed by atoms with E-state index in [0.717, 1.165) is 0 Å². The van der Waals surface area contributed by atoms with Gasteiger partial charge in [-0.1, -0.05) is 18.2 Å². The zero-order valence-electron chi connectivity index (χ0n) is 11.6. The minimum Gasteiger partial charge on any atom is -0.497 e. The SMILES string of the molecule is COc1ccc([C@@](O)(c2ccccc2)[N+](=O)[O-])c(OC)c1. The largest absolute Gasteiger partial charge is 0.497 e. The maximum Gasteiger partial charge on any atom is 0.379 e. The summed E-state index contributed by atoms with van der Waals surface area (Å²) >= 11 is 0. The van der Waals surface area contributed by atoms with Crippen LogP contribution in [-0.4, -0.2) is 24.2 Å². The van der Waals surface area contributed by atoms with Crippen LogP contribution in [-0.2, 0) is 5.72 Å². The quantitative estimate of drug-likeness (QED) is 0.518. The molecule has 0 aliphatic rings. The summed E-state index contributed by atoms with van der Waals surface area (Å²) in [4.78, 5) is 10.8. The van der Waals surface area contributed by atoms with Crippen molar-refractivity contribution in [3.63, 3.8) is 0 Å². The molecule has 1 N–H and O–H groups in total. The van der Waals surface area contributed by atoms with Crippen molar-refractivity contribution in [1.29, 1.82) is 0 Å². The average molecular weight is 289 g/mol. The van der Waals surface area contributed by atoms with E-state index in [1.807, 2.05) is 0 Å². The molecule has 6 nitrogen and oxygen atoms in total. The number of hydrogen-bond acceptors (Lipinski definition) is 5. The molecule has 0 aliphatic heterocycles. The highest BCUT2D eigenvalue weighted by molar-refractivity contribution is 5.46. The minimum atomic E-state index is -2.39. The smallest absolute Gasteiger partial charge is 0.379 e. The summed E-state index contributed by atoms with van der Waals surface area (Å²) in [6.07, 6.45) is 0. The van der Waals surface area contributed by atoms with Crippen LogP contribution < -0.4 is 9.47 Å². The van der Waals surface area contributed by atoms with Crippen LogP contribution >= 0.6 is 0 Å². The van der Waals surface area contributed by atoms with Gasteiger partial charge in [-0.3, -0.25) is 10.1 Å². The fourth-order valence-electron chi connectivity index (χ4n) is 2.12. The van der Waals surface area contributed by atoms with Crippen molar-refractivity contribution in [2.45, 2.75) is 5.72 Å². The molecule has 110 valence electrons. The number of nitrogens with zero attached hydrogens (tertiary/aromatic N) is 1. The summed E-state index contributed by atoms with van der Waals surface area (Å²) in [5.41, 5.74) is -2.20. The Morgan fingerprint density at radius 2 is 1.76 bits per heavy atom.